The van der Waals surface area contributed by atoms with E-state index in [2.05, 4.69) is 31.3 Å². The zero-order chi connectivity index (χ0) is 10.6. The fourth-order valence-electron chi connectivity index (χ4n) is 1.52. The van der Waals surface area contributed by atoms with E-state index in [9.17, 15) is 0 Å². The van der Waals surface area contributed by atoms with Crippen molar-refractivity contribution < 1.29 is 4.74 Å². The number of aryl methyl sites for hydroxylation is 1. The van der Waals surface area contributed by atoms with Gasteiger partial charge in [-0.25, -0.2) is 0 Å². The monoisotopic (exact) mass is 193 g/mol. The Kier molecular flexibility index (Phi) is 3.96. The highest BCUT2D eigenvalue weighted by Gasteiger charge is 2.07. The van der Waals surface area contributed by atoms with E-state index in [-0.39, 0.29) is 0 Å². The lowest BCUT2D eigenvalue weighted by atomic mass is 10.0. The summed E-state index contributed by atoms with van der Waals surface area (Å²) in [6, 6.07) is 4.27. The molecule has 0 spiro atoms. The number of hydrogen-bond donors (Lipinski definition) is 1. The molecule has 0 aliphatic rings. The maximum absolute atomic E-state index is 5.66. The smallest absolute Gasteiger partial charge is 0.126 e. The summed E-state index contributed by atoms with van der Waals surface area (Å²) in [5.74, 6) is 1.04. The standard InChI is InChI=1S/C12H19NO/c1-5-14-12-10(3)9(2)6-7-11(12)8-13-4/h6-7,13H,5,8H2,1-4H3. The molecule has 0 saturated heterocycles. The van der Waals surface area contributed by atoms with E-state index in [0.29, 0.717) is 0 Å². The van der Waals surface area contributed by atoms with Gasteiger partial charge in [0.05, 0.1) is 6.61 Å². The number of ether oxygens (including phenoxy) is 1. The van der Waals surface area contributed by atoms with E-state index in [1.807, 2.05) is 14.0 Å². The van der Waals surface area contributed by atoms with Crippen molar-refractivity contribution >= 4 is 0 Å². The van der Waals surface area contributed by atoms with Gasteiger partial charge in [0.15, 0.2) is 0 Å². The molecule has 1 aromatic carbocycles. The maximum Gasteiger partial charge on any atom is 0.126 e. The lowest BCUT2D eigenvalue weighted by Gasteiger charge is -2.14. The van der Waals surface area contributed by atoms with Crippen molar-refractivity contribution in [1.82, 2.24) is 5.32 Å². The second-order valence-corrected chi connectivity index (χ2v) is 3.46. The largest absolute Gasteiger partial charge is 0.493 e. The van der Waals surface area contributed by atoms with Crippen molar-refractivity contribution in [3.63, 3.8) is 0 Å². The van der Waals surface area contributed by atoms with E-state index >= 15 is 0 Å². The first-order chi connectivity index (χ1) is 6.70. The van der Waals surface area contributed by atoms with Crippen LogP contribution in [0.25, 0.3) is 0 Å². The van der Waals surface area contributed by atoms with E-state index in [0.717, 1.165) is 18.9 Å². The summed E-state index contributed by atoms with van der Waals surface area (Å²) in [6.07, 6.45) is 0. The van der Waals surface area contributed by atoms with Gasteiger partial charge in [-0.2, -0.15) is 0 Å². The van der Waals surface area contributed by atoms with Crippen molar-refractivity contribution in [2.75, 3.05) is 13.7 Å². The molecule has 0 aromatic heterocycles. The topological polar surface area (TPSA) is 21.3 Å². The van der Waals surface area contributed by atoms with Crippen LogP contribution in [0.4, 0.5) is 0 Å². The number of benzene rings is 1. The third kappa shape index (κ3) is 2.26. The Labute approximate surface area is 86.3 Å². The Morgan fingerprint density at radius 2 is 2.00 bits per heavy atom. The molecular weight excluding hydrogens is 174 g/mol. The Balaban J connectivity index is 3.08. The third-order valence-electron chi connectivity index (χ3n) is 2.41. The molecule has 0 saturated carbocycles. The molecule has 0 fully saturated rings. The summed E-state index contributed by atoms with van der Waals surface area (Å²) in [6.45, 7) is 7.82. The van der Waals surface area contributed by atoms with Gasteiger partial charge in [-0.15, -0.1) is 0 Å². The van der Waals surface area contributed by atoms with E-state index in [4.69, 9.17) is 4.74 Å². The van der Waals surface area contributed by atoms with Gasteiger partial charge in [-0.3, -0.25) is 0 Å². The average molecular weight is 193 g/mol. The molecule has 0 aliphatic carbocycles. The minimum atomic E-state index is 0.723. The average Bonchev–Trinajstić information content (AvgIpc) is 2.18. The number of nitrogens with one attached hydrogen (secondary N) is 1. The van der Waals surface area contributed by atoms with Crippen LogP contribution in [-0.4, -0.2) is 13.7 Å². The quantitative estimate of drug-likeness (QED) is 0.793. The molecule has 0 bridgehead atoms. The second kappa shape index (κ2) is 5.01. The SMILES string of the molecule is CCOc1c(CNC)ccc(C)c1C. The molecule has 0 atom stereocenters. The fraction of sp³-hybridized carbons (Fsp3) is 0.500. The van der Waals surface area contributed by atoms with Crippen molar-refractivity contribution in [3.05, 3.63) is 28.8 Å². The summed E-state index contributed by atoms with van der Waals surface area (Å²) in [5, 5.41) is 3.15. The van der Waals surface area contributed by atoms with Crippen molar-refractivity contribution in [1.29, 1.82) is 0 Å². The predicted octanol–water partition coefficient (Wildman–Crippen LogP) is 2.42. The van der Waals surface area contributed by atoms with E-state index < -0.39 is 0 Å². The fourth-order valence-corrected chi connectivity index (χ4v) is 1.52. The first kappa shape index (κ1) is 11.1. The zero-order valence-corrected chi connectivity index (χ0v) is 9.48. The molecule has 0 amide bonds. The van der Waals surface area contributed by atoms with Crippen LogP contribution in [0.15, 0.2) is 12.1 Å². The second-order valence-electron chi connectivity index (χ2n) is 3.46. The third-order valence-corrected chi connectivity index (χ3v) is 2.41. The van der Waals surface area contributed by atoms with Crippen molar-refractivity contribution in [2.24, 2.45) is 0 Å². The van der Waals surface area contributed by atoms with Gasteiger partial charge in [0.2, 0.25) is 0 Å². The first-order valence-electron chi connectivity index (χ1n) is 5.07. The molecule has 0 aliphatic heterocycles. The zero-order valence-electron chi connectivity index (χ0n) is 9.48. The van der Waals surface area contributed by atoms with Crippen molar-refractivity contribution in [3.8, 4) is 5.75 Å². The molecule has 1 N–H and O–H groups in total. The minimum absolute atomic E-state index is 0.723. The molecule has 0 unspecified atom stereocenters. The molecule has 78 valence electrons. The number of hydrogen-bond acceptors (Lipinski definition) is 2. The van der Waals surface area contributed by atoms with Gasteiger partial charge in [-0.1, -0.05) is 12.1 Å². The van der Waals surface area contributed by atoms with Crippen LogP contribution in [0, 0.1) is 13.8 Å². The summed E-state index contributed by atoms with van der Waals surface area (Å²) in [5.41, 5.74) is 3.77. The summed E-state index contributed by atoms with van der Waals surface area (Å²) in [7, 11) is 1.95. The minimum Gasteiger partial charge on any atom is -0.493 e. The predicted molar refractivity (Wildman–Crippen MR) is 59.8 cm³/mol. The normalized spacial score (nSPS) is 10.3. The van der Waals surface area contributed by atoms with Crippen LogP contribution in [0.5, 0.6) is 5.75 Å². The molecule has 1 rings (SSSR count). The summed E-state index contributed by atoms with van der Waals surface area (Å²) < 4.78 is 5.66. The first-order valence-corrected chi connectivity index (χ1v) is 5.07. The van der Waals surface area contributed by atoms with Crippen LogP contribution in [0.3, 0.4) is 0 Å². The van der Waals surface area contributed by atoms with Crippen LogP contribution in [-0.2, 0) is 6.54 Å². The lowest BCUT2D eigenvalue weighted by molar-refractivity contribution is 0.333. The highest BCUT2D eigenvalue weighted by Crippen LogP contribution is 2.26. The highest BCUT2D eigenvalue weighted by atomic mass is 16.5. The molecule has 2 heteroatoms. The Morgan fingerprint density at radius 3 is 2.57 bits per heavy atom. The van der Waals surface area contributed by atoms with Gasteiger partial charge in [-0.05, 0) is 38.9 Å². The van der Waals surface area contributed by atoms with Crippen LogP contribution < -0.4 is 10.1 Å². The Hall–Kier alpha value is -1.02. The molecular formula is C12H19NO. The molecule has 14 heavy (non-hydrogen) atoms. The van der Waals surface area contributed by atoms with E-state index in [1.54, 1.807) is 0 Å². The van der Waals surface area contributed by atoms with Crippen LogP contribution in [0.2, 0.25) is 0 Å². The van der Waals surface area contributed by atoms with Gasteiger partial charge < -0.3 is 10.1 Å². The summed E-state index contributed by atoms with van der Waals surface area (Å²) in [4.78, 5) is 0. The molecule has 0 radical (unpaired) electrons. The Morgan fingerprint density at radius 1 is 1.29 bits per heavy atom. The van der Waals surface area contributed by atoms with Gasteiger partial charge >= 0.3 is 0 Å². The van der Waals surface area contributed by atoms with Gasteiger partial charge in [0.25, 0.3) is 0 Å². The van der Waals surface area contributed by atoms with Gasteiger partial charge in [0.1, 0.15) is 5.75 Å². The molecule has 2 nitrogen and oxygen atoms in total. The lowest BCUT2D eigenvalue weighted by Crippen LogP contribution is -2.08. The van der Waals surface area contributed by atoms with Crippen LogP contribution in [0.1, 0.15) is 23.6 Å². The van der Waals surface area contributed by atoms with Crippen LogP contribution >= 0.6 is 0 Å². The number of rotatable bonds is 4. The van der Waals surface area contributed by atoms with Crippen molar-refractivity contribution in [2.45, 2.75) is 27.3 Å². The Bertz CT molecular complexity index is 307. The molecule has 1 aromatic rings. The highest BCUT2D eigenvalue weighted by molar-refractivity contribution is 5.45. The summed E-state index contributed by atoms with van der Waals surface area (Å²) >= 11 is 0. The molecule has 0 heterocycles. The maximum atomic E-state index is 5.66. The van der Waals surface area contributed by atoms with Gasteiger partial charge in [0, 0.05) is 12.1 Å². The van der Waals surface area contributed by atoms with E-state index in [1.165, 1.54) is 16.7 Å².